The van der Waals surface area contributed by atoms with Crippen molar-refractivity contribution >= 4 is 38.5 Å². The van der Waals surface area contributed by atoms with Crippen molar-refractivity contribution in [1.82, 2.24) is 10.6 Å². The van der Waals surface area contributed by atoms with E-state index in [-0.39, 0.29) is 24.4 Å². The Balaban J connectivity index is 1.22. The number of halogens is 2. The van der Waals surface area contributed by atoms with Crippen LogP contribution in [0.4, 0.5) is 14.5 Å². The van der Waals surface area contributed by atoms with Crippen LogP contribution in [0.2, 0.25) is 0 Å². The molecule has 1 aromatic heterocycles. The highest BCUT2D eigenvalue weighted by atomic mass is 32.2. The molecule has 3 aromatic rings. The molecule has 9 nitrogen and oxygen atoms in total. The van der Waals surface area contributed by atoms with Crippen molar-refractivity contribution < 1.29 is 31.2 Å². The van der Waals surface area contributed by atoms with E-state index in [4.69, 9.17) is 4.42 Å². The van der Waals surface area contributed by atoms with Crippen molar-refractivity contribution in [3.05, 3.63) is 54.3 Å². The number of nitriles is 1. The summed E-state index contributed by atoms with van der Waals surface area (Å²) < 4.78 is 59.7. The molecular formula is C29H28F2N4O5S. The van der Waals surface area contributed by atoms with Gasteiger partial charge < -0.3 is 15.1 Å². The Morgan fingerprint density at radius 1 is 0.927 bits per heavy atom. The monoisotopic (exact) mass is 582 g/mol. The third-order valence-electron chi connectivity index (χ3n) is 8.27. The third-order valence-corrected chi connectivity index (χ3v) is 10.1. The molecule has 0 atom stereocenters. The van der Waals surface area contributed by atoms with Crippen LogP contribution in [0.15, 0.2) is 52.9 Å². The minimum atomic E-state index is -3.28. The zero-order chi connectivity index (χ0) is 29.0. The molecule has 2 heterocycles. The van der Waals surface area contributed by atoms with Crippen molar-refractivity contribution in [1.29, 1.82) is 5.26 Å². The molecule has 2 N–H and O–H groups in total. The van der Waals surface area contributed by atoms with Gasteiger partial charge in [0.05, 0.1) is 17.5 Å². The summed E-state index contributed by atoms with van der Waals surface area (Å²) in [5, 5.41) is 15.3. The van der Waals surface area contributed by atoms with Gasteiger partial charge in [0.25, 0.3) is 5.91 Å². The molecule has 3 fully saturated rings. The standard InChI is InChI=1S/C29H28F2N4O5S/c30-29(31)12-10-28(11-13-29,26(37)34-27(18-32)8-9-27)33-25(36)24-17-21-3-2-20(16-23(21)40-24)19-4-6-22(7-5-19)35-14-1-15-41(35,38)39/h2-7,16-17H,1,8-15H2,(H,33,36)(H,34,37). The first-order chi connectivity index (χ1) is 19.4. The van der Waals surface area contributed by atoms with Crippen LogP contribution < -0.4 is 14.9 Å². The van der Waals surface area contributed by atoms with E-state index in [0.29, 0.717) is 42.5 Å². The van der Waals surface area contributed by atoms with Crippen LogP contribution >= 0.6 is 0 Å². The fourth-order valence-electron chi connectivity index (χ4n) is 5.53. The lowest BCUT2D eigenvalue weighted by Gasteiger charge is -2.39. The molecular weight excluding hydrogens is 554 g/mol. The number of amides is 2. The lowest BCUT2D eigenvalue weighted by atomic mass is 9.78. The summed E-state index contributed by atoms with van der Waals surface area (Å²) in [7, 11) is -3.28. The Labute approximate surface area is 235 Å². The number of benzene rings is 2. The van der Waals surface area contributed by atoms with Crippen molar-refractivity contribution in [3.8, 4) is 17.2 Å². The van der Waals surface area contributed by atoms with Crippen LogP contribution in [0.5, 0.6) is 0 Å². The van der Waals surface area contributed by atoms with E-state index >= 15 is 0 Å². The first-order valence-electron chi connectivity index (χ1n) is 13.5. The summed E-state index contributed by atoms with van der Waals surface area (Å²) in [4.78, 5) is 26.5. The number of fused-ring (bicyclic) bond motifs is 1. The summed E-state index contributed by atoms with van der Waals surface area (Å²) in [6.45, 7) is 0.454. The summed E-state index contributed by atoms with van der Waals surface area (Å²) in [5.74, 6) is -4.21. The topological polar surface area (TPSA) is 133 Å². The molecule has 41 heavy (non-hydrogen) atoms. The number of hydrogen-bond donors (Lipinski definition) is 2. The van der Waals surface area contributed by atoms with E-state index in [1.54, 1.807) is 24.3 Å². The predicted molar refractivity (Wildman–Crippen MR) is 147 cm³/mol. The zero-order valence-electron chi connectivity index (χ0n) is 22.1. The number of alkyl halides is 2. The third kappa shape index (κ3) is 5.14. The minimum absolute atomic E-state index is 0.0716. The van der Waals surface area contributed by atoms with Gasteiger partial charge >= 0.3 is 0 Å². The van der Waals surface area contributed by atoms with Gasteiger partial charge in [0.1, 0.15) is 16.7 Å². The molecule has 2 aliphatic carbocycles. The number of hydrogen-bond acceptors (Lipinski definition) is 6. The van der Waals surface area contributed by atoms with Crippen LogP contribution in [-0.4, -0.2) is 49.5 Å². The van der Waals surface area contributed by atoms with Gasteiger partial charge in [-0.05, 0) is 67.5 Å². The van der Waals surface area contributed by atoms with Gasteiger partial charge in [-0.25, -0.2) is 17.2 Å². The molecule has 12 heteroatoms. The van der Waals surface area contributed by atoms with Crippen LogP contribution in [0.3, 0.4) is 0 Å². The highest BCUT2D eigenvalue weighted by molar-refractivity contribution is 7.93. The van der Waals surface area contributed by atoms with Gasteiger partial charge in [-0.2, -0.15) is 5.26 Å². The molecule has 0 bridgehead atoms. The van der Waals surface area contributed by atoms with Gasteiger partial charge in [0.2, 0.25) is 21.9 Å². The normalized spacial score (nSPS) is 21.6. The molecule has 1 aliphatic heterocycles. The van der Waals surface area contributed by atoms with Crippen molar-refractivity contribution in [2.75, 3.05) is 16.6 Å². The molecule has 214 valence electrons. The molecule has 6 rings (SSSR count). The average Bonchev–Trinajstić information content (AvgIpc) is 3.43. The lowest BCUT2D eigenvalue weighted by molar-refractivity contribution is -0.133. The maximum Gasteiger partial charge on any atom is 0.287 e. The Hall–Kier alpha value is -3.98. The van der Waals surface area contributed by atoms with Gasteiger partial charge in [0, 0.05) is 24.8 Å². The predicted octanol–water partition coefficient (Wildman–Crippen LogP) is 4.49. The van der Waals surface area contributed by atoms with Crippen molar-refractivity contribution in [3.63, 3.8) is 0 Å². The van der Waals surface area contributed by atoms with Crippen molar-refractivity contribution in [2.24, 2.45) is 0 Å². The first-order valence-corrected chi connectivity index (χ1v) is 15.1. The SMILES string of the molecule is N#CC1(NC(=O)C2(NC(=O)c3cc4ccc(-c5ccc(N6CCCS6(=O)=O)cc5)cc4o3)CCC(F)(F)CC2)CC1. The van der Waals surface area contributed by atoms with E-state index in [1.807, 2.05) is 18.2 Å². The van der Waals surface area contributed by atoms with Crippen LogP contribution in [0, 0.1) is 11.3 Å². The highest BCUT2D eigenvalue weighted by Gasteiger charge is 2.53. The fraction of sp³-hybridized carbons (Fsp3) is 0.414. The summed E-state index contributed by atoms with van der Waals surface area (Å²) >= 11 is 0. The van der Waals surface area contributed by atoms with E-state index in [2.05, 4.69) is 16.7 Å². The number of furan rings is 1. The Bertz CT molecular complexity index is 1680. The Morgan fingerprint density at radius 3 is 2.22 bits per heavy atom. The second-order valence-electron chi connectivity index (χ2n) is 11.2. The molecule has 2 amide bonds. The van der Waals surface area contributed by atoms with E-state index in [0.717, 1.165) is 11.1 Å². The molecule has 3 aliphatic rings. The maximum atomic E-state index is 14.0. The smallest absolute Gasteiger partial charge is 0.287 e. The summed E-state index contributed by atoms with van der Waals surface area (Å²) in [6, 6.07) is 16.1. The van der Waals surface area contributed by atoms with Gasteiger partial charge in [-0.3, -0.25) is 13.9 Å². The van der Waals surface area contributed by atoms with E-state index < -0.39 is 51.7 Å². The molecule has 2 aromatic carbocycles. The number of rotatable bonds is 6. The number of nitrogens with zero attached hydrogens (tertiary/aromatic N) is 2. The summed E-state index contributed by atoms with van der Waals surface area (Å²) in [5.41, 5.74) is 0.0240. The number of anilines is 1. The second-order valence-corrected chi connectivity index (χ2v) is 13.2. The maximum absolute atomic E-state index is 14.0. The average molecular weight is 583 g/mol. The largest absolute Gasteiger partial charge is 0.451 e. The van der Waals surface area contributed by atoms with Gasteiger partial charge in [-0.1, -0.05) is 24.3 Å². The Kier molecular flexibility index (Phi) is 6.33. The van der Waals surface area contributed by atoms with E-state index in [1.165, 1.54) is 10.4 Å². The Morgan fingerprint density at radius 2 is 1.61 bits per heavy atom. The van der Waals surface area contributed by atoms with Crippen LogP contribution in [0.25, 0.3) is 22.1 Å². The quantitative estimate of drug-likeness (QED) is 0.440. The first kappa shape index (κ1) is 27.2. The van der Waals surface area contributed by atoms with Crippen molar-refractivity contribution in [2.45, 2.75) is 61.9 Å². The molecule has 1 saturated heterocycles. The minimum Gasteiger partial charge on any atom is -0.451 e. The zero-order valence-corrected chi connectivity index (χ0v) is 22.9. The summed E-state index contributed by atoms with van der Waals surface area (Å²) in [6.07, 6.45) is -0.119. The highest BCUT2D eigenvalue weighted by Crippen LogP contribution is 2.41. The molecule has 0 radical (unpaired) electrons. The van der Waals surface area contributed by atoms with Gasteiger partial charge in [0.15, 0.2) is 5.76 Å². The number of nitrogens with one attached hydrogen (secondary N) is 2. The van der Waals surface area contributed by atoms with Crippen LogP contribution in [0.1, 0.15) is 55.5 Å². The second kappa shape index (κ2) is 9.55. The lowest BCUT2D eigenvalue weighted by Crippen LogP contribution is -2.62. The van der Waals surface area contributed by atoms with Crippen LogP contribution in [-0.2, 0) is 14.8 Å². The molecule has 2 saturated carbocycles. The molecule has 0 spiro atoms. The van der Waals surface area contributed by atoms with Gasteiger partial charge in [-0.15, -0.1) is 0 Å². The molecule has 0 unspecified atom stereocenters. The number of sulfonamides is 1. The number of carbonyl (C=O) groups excluding carboxylic acids is 2. The number of carbonyl (C=O) groups is 2. The fourth-order valence-corrected chi connectivity index (χ4v) is 7.09. The van der Waals surface area contributed by atoms with E-state index in [9.17, 15) is 32.0 Å².